The van der Waals surface area contributed by atoms with Crippen molar-refractivity contribution in [1.82, 2.24) is 24.9 Å². The van der Waals surface area contributed by atoms with Crippen molar-refractivity contribution in [3.05, 3.63) is 18.0 Å². The minimum absolute atomic E-state index is 0. The predicted octanol–water partition coefficient (Wildman–Crippen LogP) is 2.05. The Kier molecular flexibility index (Phi) is 9.65. The number of nitrogens with zero attached hydrogens (tertiary/aromatic N) is 5. The molecule has 1 N–H and O–H groups in total. The van der Waals surface area contributed by atoms with Crippen LogP contribution in [0.15, 0.2) is 17.4 Å². The average Bonchev–Trinajstić information content (AvgIpc) is 3.18. The SMILES string of the molecule is CCN(CC)CC1CCN(C(=NC)NCCn2cc(C)cn2)C1.I. The summed E-state index contributed by atoms with van der Waals surface area (Å²) >= 11 is 0. The maximum Gasteiger partial charge on any atom is 0.193 e. The van der Waals surface area contributed by atoms with Gasteiger partial charge in [0.2, 0.25) is 0 Å². The first-order valence-corrected chi connectivity index (χ1v) is 8.83. The summed E-state index contributed by atoms with van der Waals surface area (Å²) in [5.74, 6) is 1.78. The first-order chi connectivity index (χ1) is 11.2. The predicted molar refractivity (Wildman–Crippen MR) is 111 cm³/mol. The second kappa shape index (κ2) is 10.9. The molecule has 24 heavy (non-hydrogen) atoms. The van der Waals surface area contributed by atoms with Gasteiger partial charge in [0.25, 0.3) is 0 Å². The monoisotopic (exact) mass is 448 g/mol. The van der Waals surface area contributed by atoms with Crippen LogP contribution in [0.2, 0.25) is 0 Å². The van der Waals surface area contributed by atoms with Crippen LogP contribution in [-0.2, 0) is 6.54 Å². The summed E-state index contributed by atoms with van der Waals surface area (Å²) in [6.07, 6.45) is 5.23. The third-order valence-electron chi connectivity index (χ3n) is 4.59. The summed E-state index contributed by atoms with van der Waals surface area (Å²) in [6.45, 7) is 14.0. The molecule has 6 nitrogen and oxygen atoms in total. The highest BCUT2D eigenvalue weighted by Crippen LogP contribution is 2.17. The van der Waals surface area contributed by atoms with Crippen LogP contribution in [0.1, 0.15) is 25.8 Å². The molecule has 0 amide bonds. The number of aryl methyl sites for hydroxylation is 1. The van der Waals surface area contributed by atoms with E-state index >= 15 is 0 Å². The van der Waals surface area contributed by atoms with E-state index in [2.05, 4.69) is 52.2 Å². The summed E-state index contributed by atoms with van der Waals surface area (Å²) in [6, 6.07) is 0. The van der Waals surface area contributed by atoms with E-state index in [9.17, 15) is 0 Å². The van der Waals surface area contributed by atoms with Gasteiger partial charge in [0.1, 0.15) is 0 Å². The standard InChI is InChI=1S/C17H32N6.HI/c1-5-21(6-2)13-16-7-9-22(14-16)17(18-4)19-8-10-23-12-15(3)11-20-23;/h11-12,16H,5-10,13-14H2,1-4H3,(H,18,19);1H. The normalized spacial score (nSPS) is 18.1. The Labute approximate surface area is 163 Å². The largest absolute Gasteiger partial charge is 0.354 e. The van der Waals surface area contributed by atoms with E-state index in [-0.39, 0.29) is 24.0 Å². The molecule has 1 aromatic rings. The van der Waals surface area contributed by atoms with Gasteiger partial charge >= 0.3 is 0 Å². The third kappa shape index (κ3) is 6.23. The molecule has 0 bridgehead atoms. The number of aromatic nitrogens is 2. The number of hydrogen-bond acceptors (Lipinski definition) is 3. The Hall–Kier alpha value is -0.830. The number of hydrogen-bond donors (Lipinski definition) is 1. The first-order valence-electron chi connectivity index (χ1n) is 8.83. The molecule has 1 fully saturated rings. The highest BCUT2D eigenvalue weighted by molar-refractivity contribution is 14.0. The number of guanidine groups is 1. The van der Waals surface area contributed by atoms with E-state index in [1.54, 1.807) is 0 Å². The third-order valence-corrected chi connectivity index (χ3v) is 4.59. The summed E-state index contributed by atoms with van der Waals surface area (Å²) in [5, 5.41) is 7.79. The smallest absolute Gasteiger partial charge is 0.193 e. The molecule has 1 aliphatic rings. The van der Waals surface area contributed by atoms with Crippen molar-refractivity contribution >= 4 is 29.9 Å². The van der Waals surface area contributed by atoms with Crippen molar-refractivity contribution in [1.29, 1.82) is 0 Å². The first kappa shape index (κ1) is 21.2. The molecule has 0 radical (unpaired) electrons. The molecule has 0 spiro atoms. The minimum atomic E-state index is 0. The fraction of sp³-hybridized carbons (Fsp3) is 0.765. The van der Waals surface area contributed by atoms with E-state index in [1.165, 1.54) is 18.5 Å². The number of rotatable bonds is 7. The van der Waals surface area contributed by atoms with Crippen LogP contribution in [0.25, 0.3) is 0 Å². The summed E-state index contributed by atoms with van der Waals surface area (Å²) < 4.78 is 1.97. The van der Waals surface area contributed by atoms with Crippen LogP contribution in [0.5, 0.6) is 0 Å². The van der Waals surface area contributed by atoms with Crippen molar-refractivity contribution in [2.24, 2.45) is 10.9 Å². The molecule has 0 saturated carbocycles. The Morgan fingerprint density at radius 3 is 2.75 bits per heavy atom. The van der Waals surface area contributed by atoms with Crippen molar-refractivity contribution < 1.29 is 0 Å². The van der Waals surface area contributed by atoms with Crippen LogP contribution in [-0.4, -0.2) is 71.9 Å². The number of likely N-dealkylation sites (tertiary alicyclic amines) is 1. The Morgan fingerprint density at radius 2 is 2.17 bits per heavy atom. The van der Waals surface area contributed by atoms with Gasteiger partial charge in [-0.25, -0.2) is 0 Å². The fourth-order valence-electron chi connectivity index (χ4n) is 3.22. The molecule has 1 aromatic heterocycles. The van der Waals surface area contributed by atoms with Gasteiger partial charge < -0.3 is 15.1 Å². The van der Waals surface area contributed by atoms with Crippen LogP contribution in [0.4, 0.5) is 0 Å². The van der Waals surface area contributed by atoms with Crippen molar-refractivity contribution in [3.8, 4) is 0 Å². The molecular weight excluding hydrogens is 415 g/mol. The van der Waals surface area contributed by atoms with Crippen molar-refractivity contribution in [2.45, 2.75) is 33.7 Å². The highest BCUT2D eigenvalue weighted by atomic mass is 127. The highest BCUT2D eigenvalue weighted by Gasteiger charge is 2.25. The zero-order valence-electron chi connectivity index (χ0n) is 15.5. The van der Waals surface area contributed by atoms with E-state index in [4.69, 9.17) is 0 Å². The van der Waals surface area contributed by atoms with Crippen molar-refractivity contribution in [3.63, 3.8) is 0 Å². The second-order valence-electron chi connectivity index (χ2n) is 6.34. The Morgan fingerprint density at radius 1 is 1.42 bits per heavy atom. The quantitative estimate of drug-likeness (QED) is 0.394. The molecular formula is C17H33IN6. The van der Waals surface area contributed by atoms with Gasteiger partial charge in [-0.15, -0.1) is 24.0 Å². The van der Waals surface area contributed by atoms with E-state index in [1.807, 2.05) is 17.9 Å². The zero-order chi connectivity index (χ0) is 16.7. The van der Waals surface area contributed by atoms with E-state index < -0.39 is 0 Å². The molecule has 1 saturated heterocycles. The maximum absolute atomic E-state index is 4.45. The molecule has 7 heteroatoms. The summed E-state index contributed by atoms with van der Waals surface area (Å²) in [5.41, 5.74) is 1.20. The van der Waals surface area contributed by atoms with Crippen LogP contribution in [0, 0.1) is 12.8 Å². The van der Waals surface area contributed by atoms with Gasteiger partial charge in [-0.05, 0) is 37.9 Å². The van der Waals surface area contributed by atoms with E-state index in [0.717, 1.165) is 51.1 Å². The topological polar surface area (TPSA) is 48.7 Å². The number of aliphatic imine (C=N–C) groups is 1. The van der Waals surface area contributed by atoms with Gasteiger partial charge in [-0.2, -0.15) is 5.10 Å². The fourth-order valence-corrected chi connectivity index (χ4v) is 3.22. The van der Waals surface area contributed by atoms with Crippen LogP contribution < -0.4 is 5.32 Å². The molecule has 1 unspecified atom stereocenters. The van der Waals surface area contributed by atoms with Crippen LogP contribution >= 0.6 is 24.0 Å². The minimum Gasteiger partial charge on any atom is -0.354 e. The molecule has 0 aromatic carbocycles. The second-order valence-corrected chi connectivity index (χ2v) is 6.34. The summed E-state index contributed by atoms with van der Waals surface area (Å²) in [7, 11) is 1.87. The van der Waals surface area contributed by atoms with E-state index in [0.29, 0.717) is 0 Å². The van der Waals surface area contributed by atoms with Gasteiger partial charge in [-0.3, -0.25) is 9.67 Å². The van der Waals surface area contributed by atoms with Gasteiger partial charge in [0.15, 0.2) is 5.96 Å². The molecule has 0 aliphatic carbocycles. The summed E-state index contributed by atoms with van der Waals surface area (Å²) in [4.78, 5) is 9.36. The molecule has 2 rings (SSSR count). The lowest BCUT2D eigenvalue weighted by Crippen LogP contribution is -2.42. The van der Waals surface area contributed by atoms with Gasteiger partial charge in [0, 0.05) is 39.4 Å². The lowest BCUT2D eigenvalue weighted by atomic mass is 10.1. The number of halogens is 1. The van der Waals surface area contributed by atoms with Gasteiger partial charge in [-0.1, -0.05) is 13.8 Å². The molecule has 1 atom stereocenters. The Bertz CT molecular complexity index is 497. The zero-order valence-corrected chi connectivity index (χ0v) is 17.9. The maximum atomic E-state index is 4.45. The number of nitrogens with one attached hydrogen (secondary N) is 1. The Balaban J connectivity index is 0.00000288. The molecule has 2 heterocycles. The lowest BCUT2D eigenvalue weighted by molar-refractivity contribution is 0.255. The molecule has 1 aliphatic heterocycles. The average molecular weight is 448 g/mol. The van der Waals surface area contributed by atoms with Crippen molar-refractivity contribution in [2.75, 3.05) is 46.3 Å². The van der Waals surface area contributed by atoms with Crippen LogP contribution in [0.3, 0.4) is 0 Å². The van der Waals surface area contributed by atoms with Gasteiger partial charge in [0.05, 0.1) is 12.7 Å². The molecule has 138 valence electrons. The lowest BCUT2D eigenvalue weighted by Gasteiger charge is -2.24.